The van der Waals surface area contributed by atoms with Gasteiger partial charge in [-0.05, 0) is 42.0 Å². The Morgan fingerprint density at radius 1 is 0.833 bits per heavy atom. The fraction of sp³-hybridized carbons (Fsp3) is 0.261. The molecule has 2 aromatic carbocycles. The summed E-state index contributed by atoms with van der Waals surface area (Å²) in [5.74, 6) is -5.01. The molecule has 0 aromatic heterocycles. The van der Waals surface area contributed by atoms with Gasteiger partial charge in [-0.2, -0.15) is 5.01 Å². The number of carbonyl (C=O) groups is 3. The van der Waals surface area contributed by atoms with Crippen LogP contribution in [-0.2, 0) is 16.1 Å². The summed E-state index contributed by atoms with van der Waals surface area (Å²) in [4.78, 5) is 37.4. The number of imide groups is 1. The largest absolute Gasteiger partial charge is 0.273 e. The summed E-state index contributed by atoms with van der Waals surface area (Å²) < 4.78 is -1.26. The molecular weight excluding hydrogens is 680 g/mol. The lowest BCUT2D eigenvalue weighted by molar-refractivity contribution is -0.156. The molecule has 0 spiro atoms. The van der Waals surface area contributed by atoms with E-state index in [2.05, 4.69) is 15.9 Å². The molecule has 13 heteroatoms. The predicted molar refractivity (Wildman–Crippen MR) is 145 cm³/mol. The first-order valence-corrected chi connectivity index (χ1v) is 13.7. The molecule has 1 saturated carbocycles. The zero-order chi connectivity index (χ0) is 26.4. The van der Waals surface area contributed by atoms with Gasteiger partial charge in [-0.3, -0.25) is 14.4 Å². The molecule has 5 rings (SSSR count). The highest BCUT2D eigenvalue weighted by Crippen LogP contribution is 2.77. The minimum atomic E-state index is -2.07. The molecule has 2 aromatic rings. The molecule has 1 aliphatic heterocycles. The Morgan fingerprint density at radius 2 is 1.31 bits per heavy atom. The minimum Gasteiger partial charge on any atom is -0.272 e. The Bertz CT molecular complexity index is 1300. The van der Waals surface area contributed by atoms with Crippen molar-refractivity contribution in [2.75, 3.05) is 0 Å². The van der Waals surface area contributed by atoms with Crippen LogP contribution in [0.1, 0.15) is 15.9 Å². The van der Waals surface area contributed by atoms with Gasteiger partial charge in [0.05, 0.1) is 28.4 Å². The number of alkyl halides is 4. The van der Waals surface area contributed by atoms with Gasteiger partial charge in [-0.15, -0.1) is 23.2 Å². The van der Waals surface area contributed by atoms with Crippen molar-refractivity contribution in [3.8, 4) is 0 Å². The monoisotopic (exact) mass is 688 g/mol. The molecule has 188 valence electrons. The Morgan fingerprint density at radius 3 is 1.78 bits per heavy atom. The second kappa shape index (κ2) is 8.92. The summed E-state index contributed by atoms with van der Waals surface area (Å²) in [5, 5.41) is 1.76. The van der Waals surface area contributed by atoms with Crippen molar-refractivity contribution in [1.82, 2.24) is 10.0 Å². The summed E-state index contributed by atoms with van der Waals surface area (Å²) in [6, 6.07) is 13.0. The zero-order valence-electron chi connectivity index (χ0n) is 17.6. The van der Waals surface area contributed by atoms with Crippen molar-refractivity contribution >= 4 is 115 Å². The number of hydrogen-bond acceptors (Lipinski definition) is 3. The fourth-order valence-electron chi connectivity index (χ4n) is 4.96. The van der Waals surface area contributed by atoms with Crippen LogP contribution in [-0.4, -0.2) is 41.8 Å². The van der Waals surface area contributed by atoms with Crippen LogP contribution < -0.4 is 0 Å². The van der Waals surface area contributed by atoms with Crippen LogP contribution in [0, 0.1) is 11.8 Å². The first-order chi connectivity index (χ1) is 16.8. The van der Waals surface area contributed by atoms with Crippen LogP contribution in [0.3, 0.4) is 0 Å². The maximum absolute atomic E-state index is 13.8. The molecule has 3 amide bonds. The van der Waals surface area contributed by atoms with Crippen LogP contribution in [0.2, 0.25) is 5.02 Å². The van der Waals surface area contributed by atoms with Crippen molar-refractivity contribution < 1.29 is 14.4 Å². The topological polar surface area (TPSA) is 57.7 Å². The number of allylic oxidation sites excluding steroid dienone is 2. The number of benzene rings is 2. The molecule has 2 bridgehead atoms. The summed E-state index contributed by atoms with van der Waals surface area (Å²) in [5.41, 5.74) is 0.831. The summed E-state index contributed by atoms with van der Waals surface area (Å²) >= 11 is 48.8. The molecule has 4 atom stereocenters. The highest BCUT2D eigenvalue weighted by Gasteiger charge is 2.88. The Kier molecular flexibility index (Phi) is 6.66. The van der Waals surface area contributed by atoms with E-state index in [1.165, 1.54) is 24.3 Å². The van der Waals surface area contributed by atoms with E-state index in [0.29, 0.717) is 10.6 Å². The molecule has 0 unspecified atom stereocenters. The predicted octanol–water partition coefficient (Wildman–Crippen LogP) is 7.11. The Balaban J connectivity index is 1.61. The van der Waals surface area contributed by atoms with Gasteiger partial charge >= 0.3 is 0 Å². The van der Waals surface area contributed by atoms with Crippen LogP contribution in [0.5, 0.6) is 0 Å². The van der Waals surface area contributed by atoms with E-state index in [-0.39, 0.29) is 22.2 Å². The van der Waals surface area contributed by atoms with Gasteiger partial charge in [-0.25, -0.2) is 5.01 Å². The minimum absolute atomic E-state index is 0.127. The fourth-order valence-corrected chi connectivity index (χ4v) is 8.28. The lowest BCUT2D eigenvalue weighted by atomic mass is 9.84. The van der Waals surface area contributed by atoms with Gasteiger partial charge in [0.25, 0.3) is 17.7 Å². The van der Waals surface area contributed by atoms with E-state index in [4.69, 9.17) is 81.2 Å². The van der Waals surface area contributed by atoms with Crippen molar-refractivity contribution in [3.63, 3.8) is 0 Å². The number of nitrogens with zero attached hydrogens (tertiary/aromatic N) is 2. The number of rotatable bonds is 4. The third kappa shape index (κ3) is 3.39. The van der Waals surface area contributed by atoms with Crippen LogP contribution >= 0.6 is 97.1 Å². The maximum Gasteiger partial charge on any atom is 0.273 e. The quantitative estimate of drug-likeness (QED) is 0.254. The molecule has 3 aliphatic rings. The molecule has 1 saturated heterocycles. The average molecular weight is 692 g/mol. The summed E-state index contributed by atoms with van der Waals surface area (Å²) in [6.45, 7) is -0.127. The van der Waals surface area contributed by atoms with E-state index in [0.717, 1.165) is 14.5 Å². The molecule has 5 nitrogen and oxygen atoms in total. The van der Waals surface area contributed by atoms with E-state index in [9.17, 15) is 14.4 Å². The number of fused-ring (bicyclic) bond motifs is 5. The number of amides is 3. The number of hydrazine groups is 1. The molecule has 36 heavy (non-hydrogen) atoms. The highest BCUT2D eigenvalue weighted by molar-refractivity contribution is 9.10. The van der Waals surface area contributed by atoms with E-state index >= 15 is 0 Å². The first kappa shape index (κ1) is 26.9. The third-order valence-corrected chi connectivity index (χ3v) is 11.7. The summed E-state index contributed by atoms with van der Waals surface area (Å²) in [6.07, 6.45) is 0. The van der Waals surface area contributed by atoms with E-state index < -0.39 is 43.6 Å². The molecule has 0 radical (unpaired) electrons. The number of carbonyl (C=O) groups excluding carboxylic acids is 3. The zero-order valence-corrected chi connectivity index (χ0v) is 24.5. The lowest BCUT2D eigenvalue weighted by Gasteiger charge is -2.37. The van der Waals surface area contributed by atoms with Gasteiger partial charge in [0.15, 0.2) is 4.33 Å². The maximum atomic E-state index is 13.8. The van der Waals surface area contributed by atoms with Gasteiger partial charge in [0.2, 0.25) is 0 Å². The van der Waals surface area contributed by atoms with Crippen molar-refractivity contribution in [2.24, 2.45) is 11.8 Å². The Hall–Kier alpha value is -0.700. The van der Waals surface area contributed by atoms with E-state index in [1.54, 1.807) is 24.3 Å². The SMILES string of the molecule is O=C(c1ccc(Cl)cc1)N(Cc1ccc(Br)cc1)N1C(=O)[C@@H]2[C@H](C1=O)[C@@]1(Cl)C(Cl)=C(Cl)[C@@]2(Cl)C1(Cl)Cl. The normalized spacial score (nSPS) is 30.3. The standard InChI is InChI=1S/C23H12BrCl7N2O3/c24-12-5-1-10(2-6-12)9-32(18(34)11-3-7-13(25)8-4-11)33-19(35)14-15(20(33)36)22(29)17(27)16(26)21(14,28)23(22,30)31/h1-8,14-15H,9H2/t14-,15+,21-,22-/m1/s1. The molecule has 0 N–H and O–H groups in total. The molecule has 2 fully saturated rings. The number of hydrogen-bond donors (Lipinski definition) is 0. The molecule has 2 aliphatic carbocycles. The molecular formula is C23H12BrCl7N2O3. The van der Waals surface area contributed by atoms with Gasteiger partial charge in [0.1, 0.15) is 9.75 Å². The van der Waals surface area contributed by atoms with Crippen molar-refractivity contribution in [2.45, 2.75) is 20.6 Å². The smallest absolute Gasteiger partial charge is 0.272 e. The van der Waals surface area contributed by atoms with Gasteiger partial charge in [0, 0.05) is 15.1 Å². The average Bonchev–Trinajstić information content (AvgIpc) is 3.22. The first-order valence-electron chi connectivity index (χ1n) is 10.3. The highest BCUT2D eigenvalue weighted by atomic mass is 79.9. The lowest BCUT2D eigenvalue weighted by Crippen LogP contribution is -2.55. The van der Waals surface area contributed by atoms with Crippen LogP contribution in [0.4, 0.5) is 0 Å². The summed E-state index contributed by atoms with van der Waals surface area (Å²) in [7, 11) is 0. The second-order valence-electron chi connectivity index (χ2n) is 8.57. The van der Waals surface area contributed by atoms with Crippen LogP contribution in [0.25, 0.3) is 0 Å². The van der Waals surface area contributed by atoms with Gasteiger partial charge in [-0.1, -0.05) is 86.1 Å². The van der Waals surface area contributed by atoms with E-state index in [1.807, 2.05) is 0 Å². The third-order valence-electron chi connectivity index (χ3n) is 6.70. The van der Waals surface area contributed by atoms with Crippen molar-refractivity contribution in [1.29, 1.82) is 0 Å². The Labute approximate surface area is 249 Å². The number of halogens is 8. The van der Waals surface area contributed by atoms with Crippen LogP contribution in [0.15, 0.2) is 63.1 Å². The second-order valence-corrected chi connectivity index (χ2v) is 13.2. The van der Waals surface area contributed by atoms with Crippen molar-refractivity contribution in [3.05, 3.63) is 79.2 Å². The van der Waals surface area contributed by atoms with Gasteiger partial charge < -0.3 is 0 Å². The molecule has 1 heterocycles.